The van der Waals surface area contributed by atoms with E-state index in [9.17, 15) is 15.0 Å². The number of likely N-dealkylation sites (tertiary alicyclic amines) is 1. The summed E-state index contributed by atoms with van der Waals surface area (Å²) in [7, 11) is 0. The number of aliphatic hydroxyl groups is 1. The van der Waals surface area contributed by atoms with Gasteiger partial charge in [0.05, 0.1) is 25.3 Å². The Morgan fingerprint density at radius 2 is 1.79 bits per heavy atom. The second-order valence-corrected chi connectivity index (χ2v) is 7.50. The Kier molecular flexibility index (Phi) is 5.71. The normalized spacial score (nSPS) is 26.0. The molecule has 0 spiro atoms. The first-order chi connectivity index (χ1) is 14.2. The van der Waals surface area contributed by atoms with Crippen LogP contribution in [0, 0.1) is 5.92 Å². The Hall–Kier alpha value is -2.61. The summed E-state index contributed by atoms with van der Waals surface area (Å²) in [5.74, 6) is 0.809. The van der Waals surface area contributed by atoms with Gasteiger partial charge in [-0.15, -0.1) is 0 Å². The molecule has 4 atom stereocenters. The average Bonchev–Trinajstić information content (AvgIpc) is 3.27. The summed E-state index contributed by atoms with van der Waals surface area (Å²) in [6.07, 6.45) is 0.937. The van der Waals surface area contributed by atoms with Crippen LogP contribution in [0.2, 0.25) is 0 Å². The minimum atomic E-state index is -0.424. The number of benzene rings is 2. The smallest absolute Gasteiger partial charge is 0.242 e. The molecule has 154 valence electrons. The first-order valence-corrected chi connectivity index (χ1v) is 10.1. The second-order valence-electron chi connectivity index (χ2n) is 7.50. The molecule has 0 saturated carbocycles. The zero-order valence-electron chi connectivity index (χ0n) is 16.4. The van der Waals surface area contributed by atoms with E-state index in [1.54, 1.807) is 17.0 Å². The molecular formula is C22H27N3O4. The van der Waals surface area contributed by atoms with Gasteiger partial charge in [0.15, 0.2) is 0 Å². The summed E-state index contributed by atoms with van der Waals surface area (Å²) >= 11 is 0. The highest BCUT2D eigenvalue weighted by Gasteiger charge is 2.55. The predicted octanol–water partition coefficient (Wildman–Crippen LogP) is 1.89. The summed E-state index contributed by atoms with van der Waals surface area (Å²) in [6, 6.07) is 14.1. The fourth-order valence-corrected chi connectivity index (χ4v) is 4.45. The van der Waals surface area contributed by atoms with Crippen molar-refractivity contribution in [2.24, 2.45) is 5.92 Å². The van der Waals surface area contributed by atoms with Gasteiger partial charge < -0.3 is 19.8 Å². The molecule has 0 aromatic heterocycles. The van der Waals surface area contributed by atoms with Gasteiger partial charge in [-0.05, 0) is 30.2 Å². The highest BCUT2D eigenvalue weighted by Crippen LogP contribution is 2.48. The summed E-state index contributed by atoms with van der Waals surface area (Å²) < 4.78 is 5.68. The van der Waals surface area contributed by atoms with Crippen LogP contribution in [0.4, 0.5) is 0 Å². The van der Waals surface area contributed by atoms with Crippen molar-refractivity contribution in [3.63, 3.8) is 0 Å². The van der Waals surface area contributed by atoms with Crippen LogP contribution in [0.1, 0.15) is 36.6 Å². The number of carbonyl (C=O) groups is 1. The molecule has 4 unspecified atom stereocenters. The fourth-order valence-electron chi connectivity index (χ4n) is 4.45. The van der Waals surface area contributed by atoms with Crippen molar-refractivity contribution in [2.45, 2.75) is 31.5 Å². The third-order valence-electron chi connectivity index (χ3n) is 5.72. The number of nitrogens with one attached hydrogen (secondary N) is 2. The number of amides is 1. The van der Waals surface area contributed by atoms with Crippen molar-refractivity contribution in [3.8, 4) is 11.5 Å². The van der Waals surface area contributed by atoms with Crippen molar-refractivity contribution in [1.29, 1.82) is 0 Å². The van der Waals surface area contributed by atoms with Gasteiger partial charge in [0, 0.05) is 18.0 Å². The number of nitrogens with zero attached hydrogens (tertiary/aromatic N) is 1. The number of ether oxygens (including phenoxy) is 1. The van der Waals surface area contributed by atoms with E-state index in [4.69, 9.17) is 4.74 Å². The third-order valence-corrected chi connectivity index (χ3v) is 5.72. The quantitative estimate of drug-likeness (QED) is 0.570. The number of aromatic hydroxyl groups is 1. The van der Waals surface area contributed by atoms with Crippen LogP contribution in [0.25, 0.3) is 0 Å². The molecule has 0 bridgehead atoms. The van der Waals surface area contributed by atoms with Gasteiger partial charge in [-0.2, -0.15) is 0 Å². The van der Waals surface area contributed by atoms with E-state index < -0.39 is 6.04 Å². The average molecular weight is 397 g/mol. The lowest BCUT2D eigenvalue weighted by Crippen LogP contribution is -2.42. The number of carbonyl (C=O) groups excluding carboxylic acids is 1. The van der Waals surface area contributed by atoms with Crippen molar-refractivity contribution in [1.82, 2.24) is 15.8 Å². The molecule has 1 amide bonds. The molecule has 2 heterocycles. The largest absolute Gasteiger partial charge is 0.508 e. The number of hydrogen-bond donors (Lipinski definition) is 4. The number of aliphatic hydroxyl groups excluding tert-OH is 1. The van der Waals surface area contributed by atoms with Crippen LogP contribution in [0.3, 0.4) is 0 Å². The number of phenolic OH excluding ortho intramolecular Hbond substituents is 1. The molecule has 0 radical (unpaired) electrons. The number of β-amino-alcohol motifs (C(OH)–C–C–N with tert-alkyl or cyclic N) is 1. The van der Waals surface area contributed by atoms with Gasteiger partial charge in [0.25, 0.3) is 0 Å². The Balaban J connectivity index is 1.70. The Labute approximate surface area is 170 Å². The molecule has 0 aliphatic carbocycles. The number of rotatable bonds is 7. The maximum atomic E-state index is 13.1. The molecule has 2 aromatic rings. The maximum Gasteiger partial charge on any atom is 0.242 e. The van der Waals surface area contributed by atoms with Crippen LogP contribution < -0.4 is 15.6 Å². The molecule has 4 rings (SSSR count). The van der Waals surface area contributed by atoms with E-state index >= 15 is 0 Å². The molecular weight excluding hydrogens is 370 g/mol. The van der Waals surface area contributed by atoms with Crippen LogP contribution in [-0.2, 0) is 4.79 Å². The highest BCUT2D eigenvalue weighted by atomic mass is 16.5. The van der Waals surface area contributed by atoms with E-state index in [-0.39, 0.29) is 42.8 Å². The van der Waals surface area contributed by atoms with Crippen molar-refractivity contribution in [3.05, 3.63) is 59.7 Å². The van der Waals surface area contributed by atoms with E-state index in [0.717, 1.165) is 23.3 Å². The van der Waals surface area contributed by atoms with E-state index in [1.165, 1.54) is 0 Å². The highest BCUT2D eigenvalue weighted by molar-refractivity contribution is 5.86. The monoisotopic (exact) mass is 397 g/mol. The van der Waals surface area contributed by atoms with E-state index in [1.807, 2.05) is 36.4 Å². The van der Waals surface area contributed by atoms with Crippen LogP contribution in [0.5, 0.6) is 11.5 Å². The van der Waals surface area contributed by atoms with Crippen molar-refractivity contribution in [2.75, 3.05) is 19.8 Å². The number of para-hydroxylation sites is 1. The molecule has 7 nitrogen and oxygen atoms in total. The van der Waals surface area contributed by atoms with E-state index in [0.29, 0.717) is 6.61 Å². The topological polar surface area (TPSA) is 94.1 Å². The van der Waals surface area contributed by atoms with Crippen LogP contribution in [0.15, 0.2) is 48.5 Å². The Morgan fingerprint density at radius 3 is 2.48 bits per heavy atom. The summed E-state index contributed by atoms with van der Waals surface area (Å²) in [4.78, 5) is 14.8. The zero-order valence-corrected chi connectivity index (χ0v) is 16.4. The minimum Gasteiger partial charge on any atom is -0.508 e. The van der Waals surface area contributed by atoms with Gasteiger partial charge in [-0.25, -0.2) is 10.9 Å². The molecule has 29 heavy (non-hydrogen) atoms. The third kappa shape index (κ3) is 3.57. The molecule has 2 aliphatic rings. The van der Waals surface area contributed by atoms with Gasteiger partial charge in [-0.3, -0.25) is 4.79 Å². The second kappa shape index (κ2) is 8.41. The predicted molar refractivity (Wildman–Crippen MR) is 108 cm³/mol. The number of hydrogen-bond acceptors (Lipinski definition) is 6. The van der Waals surface area contributed by atoms with Gasteiger partial charge >= 0.3 is 0 Å². The lowest BCUT2D eigenvalue weighted by Gasteiger charge is -2.31. The Morgan fingerprint density at radius 1 is 1.07 bits per heavy atom. The number of hydrazine groups is 1. The summed E-state index contributed by atoms with van der Waals surface area (Å²) in [5, 5.41) is 19.9. The number of fused-ring (bicyclic) bond motifs is 1. The molecule has 7 heteroatoms. The SMILES string of the molecule is CCCOc1ccc(C2C3C(NNC3c3ccccc3O)C(=O)N2CCO)cc1. The first-order valence-electron chi connectivity index (χ1n) is 10.1. The lowest BCUT2D eigenvalue weighted by molar-refractivity contribution is -0.131. The van der Waals surface area contributed by atoms with Crippen LogP contribution in [-0.4, -0.2) is 46.8 Å². The molecule has 2 saturated heterocycles. The zero-order chi connectivity index (χ0) is 20.4. The molecule has 2 fully saturated rings. The molecule has 4 N–H and O–H groups in total. The fraction of sp³-hybridized carbons (Fsp3) is 0.409. The number of phenols is 1. The van der Waals surface area contributed by atoms with Crippen molar-refractivity contribution < 1.29 is 19.7 Å². The molecule has 2 aliphatic heterocycles. The van der Waals surface area contributed by atoms with Crippen molar-refractivity contribution >= 4 is 5.91 Å². The van der Waals surface area contributed by atoms with Gasteiger partial charge in [0.1, 0.15) is 17.5 Å². The molecule has 2 aromatic carbocycles. The Bertz CT molecular complexity index is 857. The van der Waals surface area contributed by atoms with Gasteiger partial charge in [0.2, 0.25) is 5.91 Å². The van der Waals surface area contributed by atoms with Crippen LogP contribution >= 0.6 is 0 Å². The lowest BCUT2D eigenvalue weighted by atomic mass is 9.83. The van der Waals surface area contributed by atoms with E-state index in [2.05, 4.69) is 17.8 Å². The maximum absolute atomic E-state index is 13.1. The summed E-state index contributed by atoms with van der Waals surface area (Å²) in [6.45, 7) is 2.88. The minimum absolute atomic E-state index is 0.0502. The van der Waals surface area contributed by atoms with Gasteiger partial charge in [-0.1, -0.05) is 37.3 Å². The first kappa shape index (κ1) is 19.7. The summed E-state index contributed by atoms with van der Waals surface area (Å²) in [5.41, 5.74) is 8.05. The standard InChI is InChI=1S/C22H27N3O4/c1-2-13-29-15-9-7-14(8-10-15)21-18-19(16-5-3-4-6-17(16)27)23-24-20(18)22(28)25(21)11-12-26/h3-10,18-21,23-24,26-27H,2,11-13H2,1H3.